The van der Waals surface area contributed by atoms with Gasteiger partial charge in [-0.3, -0.25) is 4.90 Å². The second kappa shape index (κ2) is 8.11. The molecular formula is C18H25N5O2. The molecule has 1 aliphatic heterocycles. The first-order valence-electron chi connectivity index (χ1n) is 8.85. The lowest BCUT2D eigenvalue weighted by molar-refractivity contribution is 0.108. The van der Waals surface area contributed by atoms with Crippen LogP contribution in [0.25, 0.3) is 11.5 Å². The first-order valence-corrected chi connectivity index (χ1v) is 8.85. The Morgan fingerprint density at radius 3 is 2.40 bits per heavy atom. The second-order valence-electron chi connectivity index (χ2n) is 6.09. The van der Waals surface area contributed by atoms with Crippen molar-refractivity contribution >= 4 is 6.03 Å². The van der Waals surface area contributed by atoms with Gasteiger partial charge in [0.25, 0.3) is 0 Å². The Hall–Kier alpha value is -2.41. The predicted octanol–water partition coefficient (Wildman–Crippen LogP) is 2.32. The van der Waals surface area contributed by atoms with Crippen LogP contribution < -0.4 is 0 Å². The molecule has 7 heteroatoms. The van der Waals surface area contributed by atoms with Gasteiger partial charge in [-0.2, -0.15) is 0 Å². The van der Waals surface area contributed by atoms with Crippen molar-refractivity contribution in [3.05, 3.63) is 36.2 Å². The molecule has 0 atom stereocenters. The molecule has 1 fully saturated rings. The third-order valence-electron chi connectivity index (χ3n) is 4.52. The zero-order valence-electron chi connectivity index (χ0n) is 14.9. The van der Waals surface area contributed by atoms with Crippen molar-refractivity contribution in [1.29, 1.82) is 0 Å². The van der Waals surface area contributed by atoms with E-state index >= 15 is 0 Å². The number of rotatable bonds is 5. The minimum absolute atomic E-state index is 0.133. The van der Waals surface area contributed by atoms with Gasteiger partial charge in [0, 0.05) is 44.8 Å². The zero-order valence-corrected chi connectivity index (χ0v) is 14.9. The highest BCUT2D eigenvalue weighted by Gasteiger charge is 2.24. The summed E-state index contributed by atoms with van der Waals surface area (Å²) in [5.41, 5.74) is 0.927. The lowest BCUT2D eigenvalue weighted by Crippen LogP contribution is -2.52. The quantitative estimate of drug-likeness (QED) is 0.833. The van der Waals surface area contributed by atoms with Crippen LogP contribution in [-0.2, 0) is 6.54 Å². The normalized spacial score (nSPS) is 15.4. The number of carbonyl (C=O) groups is 1. The van der Waals surface area contributed by atoms with Gasteiger partial charge in [-0.05, 0) is 26.0 Å². The Labute approximate surface area is 148 Å². The number of piperazine rings is 1. The number of nitrogens with zero attached hydrogens (tertiary/aromatic N) is 5. The molecule has 2 amide bonds. The number of carbonyl (C=O) groups excluding carboxylic acids is 1. The van der Waals surface area contributed by atoms with Crippen LogP contribution in [0.15, 0.2) is 34.7 Å². The maximum Gasteiger partial charge on any atom is 0.320 e. The Morgan fingerprint density at radius 2 is 1.76 bits per heavy atom. The number of aromatic nitrogens is 2. The molecule has 0 unspecified atom stereocenters. The monoisotopic (exact) mass is 343 g/mol. The fraction of sp³-hybridized carbons (Fsp3) is 0.500. The van der Waals surface area contributed by atoms with E-state index in [1.54, 1.807) is 0 Å². The van der Waals surface area contributed by atoms with Crippen LogP contribution in [0.2, 0.25) is 0 Å². The van der Waals surface area contributed by atoms with Gasteiger partial charge < -0.3 is 14.2 Å². The number of amides is 2. The molecule has 1 aliphatic rings. The summed E-state index contributed by atoms with van der Waals surface area (Å²) in [6, 6.07) is 9.90. The van der Waals surface area contributed by atoms with Gasteiger partial charge in [-0.15, -0.1) is 10.2 Å². The standard InChI is InChI=1S/C18H25N5O2/c1-3-22(4-2)18(24)23-12-10-21(11-13-23)14-16-19-20-17(25-16)15-8-6-5-7-9-15/h5-9H,3-4,10-14H2,1-2H3. The van der Waals surface area contributed by atoms with Gasteiger partial charge in [0.05, 0.1) is 6.54 Å². The highest BCUT2D eigenvalue weighted by molar-refractivity contribution is 5.74. The Morgan fingerprint density at radius 1 is 1.08 bits per heavy atom. The van der Waals surface area contributed by atoms with Crippen molar-refractivity contribution in [1.82, 2.24) is 24.9 Å². The summed E-state index contributed by atoms with van der Waals surface area (Å²) in [7, 11) is 0. The van der Waals surface area contributed by atoms with E-state index in [2.05, 4.69) is 15.1 Å². The van der Waals surface area contributed by atoms with E-state index in [4.69, 9.17) is 4.42 Å². The average molecular weight is 343 g/mol. The topological polar surface area (TPSA) is 65.7 Å². The second-order valence-corrected chi connectivity index (χ2v) is 6.09. The molecule has 134 valence electrons. The van der Waals surface area contributed by atoms with Gasteiger partial charge >= 0.3 is 6.03 Å². The molecule has 0 N–H and O–H groups in total. The van der Waals surface area contributed by atoms with Crippen molar-refractivity contribution in [3.8, 4) is 11.5 Å². The molecule has 2 aromatic rings. The van der Waals surface area contributed by atoms with Crippen LogP contribution in [0.4, 0.5) is 4.79 Å². The van der Waals surface area contributed by atoms with Gasteiger partial charge in [0.2, 0.25) is 11.8 Å². The fourth-order valence-corrected chi connectivity index (χ4v) is 3.00. The summed E-state index contributed by atoms with van der Waals surface area (Å²) in [6.07, 6.45) is 0. The highest BCUT2D eigenvalue weighted by atomic mass is 16.4. The molecule has 1 aromatic heterocycles. The maximum absolute atomic E-state index is 12.4. The van der Waals surface area contributed by atoms with Gasteiger partial charge in [0.1, 0.15) is 0 Å². The van der Waals surface area contributed by atoms with Crippen LogP contribution in [-0.4, -0.2) is 70.2 Å². The number of hydrogen-bond acceptors (Lipinski definition) is 5. The first kappa shape index (κ1) is 17.4. The highest BCUT2D eigenvalue weighted by Crippen LogP contribution is 2.18. The molecule has 1 aromatic carbocycles. The number of urea groups is 1. The number of hydrogen-bond donors (Lipinski definition) is 0. The summed E-state index contributed by atoms with van der Waals surface area (Å²) < 4.78 is 5.77. The van der Waals surface area contributed by atoms with E-state index in [0.717, 1.165) is 44.8 Å². The molecule has 7 nitrogen and oxygen atoms in total. The minimum Gasteiger partial charge on any atom is -0.419 e. The fourth-order valence-electron chi connectivity index (χ4n) is 3.00. The average Bonchev–Trinajstić information content (AvgIpc) is 3.12. The van der Waals surface area contributed by atoms with Crippen LogP contribution in [0.5, 0.6) is 0 Å². The van der Waals surface area contributed by atoms with Crippen molar-refractivity contribution in [2.75, 3.05) is 39.3 Å². The Kier molecular flexibility index (Phi) is 5.65. The van der Waals surface area contributed by atoms with E-state index in [1.165, 1.54) is 0 Å². The van der Waals surface area contributed by atoms with Crippen molar-refractivity contribution in [2.24, 2.45) is 0 Å². The minimum atomic E-state index is 0.133. The van der Waals surface area contributed by atoms with E-state index < -0.39 is 0 Å². The van der Waals surface area contributed by atoms with E-state index in [0.29, 0.717) is 18.3 Å². The third-order valence-corrected chi connectivity index (χ3v) is 4.52. The first-order chi connectivity index (χ1) is 12.2. The molecule has 25 heavy (non-hydrogen) atoms. The van der Waals surface area contributed by atoms with Crippen LogP contribution in [0, 0.1) is 0 Å². The summed E-state index contributed by atoms with van der Waals surface area (Å²) in [5, 5.41) is 8.27. The van der Waals surface area contributed by atoms with Crippen LogP contribution in [0.1, 0.15) is 19.7 Å². The van der Waals surface area contributed by atoms with E-state index in [-0.39, 0.29) is 6.03 Å². The summed E-state index contributed by atoms with van der Waals surface area (Å²) in [5.74, 6) is 1.16. The van der Waals surface area contributed by atoms with E-state index in [9.17, 15) is 4.79 Å². The molecule has 0 spiro atoms. The molecule has 2 heterocycles. The Balaban J connectivity index is 1.53. The van der Waals surface area contributed by atoms with Gasteiger partial charge in [0.15, 0.2) is 0 Å². The molecule has 3 rings (SSSR count). The maximum atomic E-state index is 12.4. The van der Waals surface area contributed by atoms with Gasteiger partial charge in [-0.25, -0.2) is 4.79 Å². The molecule has 0 radical (unpaired) electrons. The van der Waals surface area contributed by atoms with Crippen molar-refractivity contribution in [2.45, 2.75) is 20.4 Å². The smallest absolute Gasteiger partial charge is 0.320 e. The SMILES string of the molecule is CCN(CC)C(=O)N1CCN(Cc2nnc(-c3ccccc3)o2)CC1. The summed E-state index contributed by atoms with van der Waals surface area (Å²) in [4.78, 5) is 18.4. The van der Waals surface area contributed by atoms with Crippen LogP contribution in [0.3, 0.4) is 0 Å². The van der Waals surface area contributed by atoms with Gasteiger partial charge in [-0.1, -0.05) is 18.2 Å². The lowest BCUT2D eigenvalue weighted by Gasteiger charge is -2.36. The zero-order chi connectivity index (χ0) is 17.6. The molecule has 0 aliphatic carbocycles. The molecule has 1 saturated heterocycles. The summed E-state index contributed by atoms with van der Waals surface area (Å²) in [6.45, 7) is 9.23. The molecule has 0 saturated carbocycles. The Bertz CT molecular complexity index is 676. The lowest BCUT2D eigenvalue weighted by atomic mass is 10.2. The molecular weight excluding hydrogens is 318 g/mol. The molecule has 0 bridgehead atoms. The van der Waals surface area contributed by atoms with Crippen molar-refractivity contribution < 1.29 is 9.21 Å². The summed E-state index contributed by atoms with van der Waals surface area (Å²) >= 11 is 0. The number of benzene rings is 1. The van der Waals surface area contributed by atoms with Crippen molar-refractivity contribution in [3.63, 3.8) is 0 Å². The largest absolute Gasteiger partial charge is 0.419 e. The predicted molar refractivity (Wildman–Crippen MR) is 94.9 cm³/mol. The van der Waals surface area contributed by atoms with E-state index in [1.807, 2.05) is 54.0 Å². The third kappa shape index (κ3) is 4.17. The van der Waals surface area contributed by atoms with Crippen LogP contribution >= 0.6 is 0 Å².